The average Bonchev–Trinajstić information content (AvgIpc) is 2.85. The number of nitrogens with two attached hydrogens (primary N) is 1. The Morgan fingerprint density at radius 1 is 1.50 bits per heavy atom. The summed E-state index contributed by atoms with van der Waals surface area (Å²) in [6.45, 7) is 0. The molecular formula is C9H10ClFN2O2S. The van der Waals surface area contributed by atoms with Crippen LogP contribution in [0.5, 0.6) is 0 Å². The molecule has 2 atom stereocenters. The van der Waals surface area contributed by atoms with Crippen LogP contribution in [0.3, 0.4) is 0 Å². The summed E-state index contributed by atoms with van der Waals surface area (Å²) in [5.74, 6) is -0.648. The van der Waals surface area contributed by atoms with Gasteiger partial charge in [0.2, 0.25) is 10.0 Å². The van der Waals surface area contributed by atoms with Gasteiger partial charge in [-0.15, -0.1) is 0 Å². The van der Waals surface area contributed by atoms with Crippen LogP contribution in [0, 0.1) is 5.82 Å². The standard InChI is InChI=1S/C9H10ClFN2O2S/c10-6-2-1-5(11)3-9(6)16(14,15)13-8-4-7(8)12/h1-3,7-8,13H,4,12H2. The van der Waals surface area contributed by atoms with Gasteiger partial charge in [0.15, 0.2) is 0 Å². The molecule has 0 spiro atoms. The van der Waals surface area contributed by atoms with Crippen molar-refractivity contribution in [1.82, 2.24) is 4.72 Å². The van der Waals surface area contributed by atoms with E-state index in [4.69, 9.17) is 17.3 Å². The Bertz CT molecular complexity index is 520. The van der Waals surface area contributed by atoms with Crippen LogP contribution >= 0.6 is 11.6 Å². The van der Waals surface area contributed by atoms with Gasteiger partial charge < -0.3 is 5.73 Å². The highest BCUT2D eigenvalue weighted by Crippen LogP contribution is 2.25. The molecule has 1 fully saturated rings. The fourth-order valence-electron chi connectivity index (χ4n) is 1.30. The van der Waals surface area contributed by atoms with Gasteiger partial charge in [-0.2, -0.15) is 0 Å². The highest BCUT2D eigenvalue weighted by molar-refractivity contribution is 7.89. The van der Waals surface area contributed by atoms with Crippen molar-refractivity contribution >= 4 is 21.6 Å². The molecule has 2 unspecified atom stereocenters. The van der Waals surface area contributed by atoms with Crippen LogP contribution in [0.2, 0.25) is 5.02 Å². The summed E-state index contributed by atoms with van der Waals surface area (Å²) in [5, 5.41) is -0.0110. The second kappa shape index (κ2) is 3.96. The third-order valence-electron chi connectivity index (χ3n) is 2.33. The lowest BCUT2D eigenvalue weighted by Crippen LogP contribution is -2.30. The molecule has 1 aromatic carbocycles. The van der Waals surface area contributed by atoms with E-state index < -0.39 is 15.8 Å². The zero-order chi connectivity index (χ0) is 11.9. The number of sulfonamides is 1. The fraction of sp³-hybridized carbons (Fsp3) is 0.333. The predicted octanol–water partition coefficient (Wildman–Crippen LogP) is 0.857. The second-order valence-corrected chi connectivity index (χ2v) is 5.79. The fourth-order valence-corrected chi connectivity index (χ4v) is 3.11. The summed E-state index contributed by atoms with van der Waals surface area (Å²) in [4.78, 5) is -0.256. The van der Waals surface area contributed by atoms with Crippen molar-refractivity contribution in [3.8, 4) is 0 Å². The number of halogens is 2. The van der Waals surface area contributed by atoms with Crippen LogP contribution in [0.25, 0.3) is 0 Å². The molecule has 1 saturated carbocycles. The third kappa shape index (κ3) is 2.35. The second-order valence-electron chi connectivity index (χ2n) is 3.70. The normalized spacial score (nSPS) is 24.4. The minimum absolute atomic E-state index is 0.0110. The van der Waals surface area contributed by atoms with Crippen molar-refractivity contribution < 1.29 is 12.8 Å². The highest BCUT2D eigenvalue weighted by Gasteiger charge is 2.37. The Balaban J connectivity index is 2.31. The van der Waals surface area contributed by atoms with E-state index in [1.54, 1.807) is 0 Å². The Hall–Kier alpha value is -0.690. The molecule has 0 aliphatic heterocycles. The first kappa shape index (κ1) is 11.8. The highest BCUT2D eigenvalue weighted by atomic mass is 35.5. The molecule has 1 aliphatic rings. The van der Waals surface area contributed by atoms with Crippen LogP contribution in [0.1, 0.15) is 6.42 Å². The van der Waals surface area contributed by atoms with Crippen molar-refractivity contribution in [1.29, 1.82) is 0 Å². The summed E-state index contributed by atoms with van der Waals surface area (Å²) >= 11 is 5.70. The first-order valence-corrected chi connectivity index (χ1v) is 6.49. The number of benzene rings is 1. The molecule has 1 aliphatic carbocycles. The number of rotatable bonds is 3. The Morgan fingerprint density at radius 3 is 2.69 bits per heavy atom. The molecule has 7 heteroatoms. The van der Waals surface area contributed by atoms with E-state index >= 15 is 0 Å². The van der Waals surface area contributed by atoms with Gasteiger partial charge in [0.1, 0.15) is 10.7 Å². The maximum Gasteiger partial charge on any atom is 0.242 e. The van der Waals surface area contributed by atoms with Crippen LogP contribution < -0.4 is 10.5 Å². The minimum Gasteiger partial charge on any atom is -0.326 e. The molecule has 0 aromatic heterocycles. The SMILES string of the molecule is NC1CC1NS(=O)(=O)c1cc(F)ccc1Cl. The molecule has 0 amide bonds. The molecule has 1 aromatic rings. The zero-order valence-corrected chi connectivity index (χ0v) is 9.72. The Morgan fingerprint density at radius 2 is 2.12 bits per heavy atom. The molecule has 0 radical (unpaired) electrons. The van der Waals surface area contributed by atoms with Crippen LogP contribution in [-0.2, 0) is 10.0 Å². The molecule has 88 valence electrons. The molecule has 2 rings (SSSR count). The van der Waals surface area contributed by atoms with Crippen molar-refractivity contribution in [2.45, 2.75) is 23.4 Å². The first-order valence-electron chi connectivity index (χ1n) is 4.63. The average molecular weight is 265 g/mol. The Kier molecular flexibility index (Phi) is 2.91. The predicted molar refractivity (Wildman–Crippen MR) is 58.1 cm³/mol. The van der Waals surface area contributed by atoms with E-state index in [0.717, 1.165) is 12.1 Å². The Labute approximate surface area is 97.6 Å². The lowest BCUT2D eigenvalue weighted by Gasteiger charge is -2.07. The molecule has 16 heavy (non-hydrogen) atoms. The lowest BCUT2D eigenvalue weighted by molar-refractivity contribution is 0.576. The van der Waals surface area contributed by atoms with Gasteiger partial charge in [-0.25, -0.2) is 17.5 Å². The first-order chi connectivity index (χ1) is 7.40. The maximum absolute atomic E-state index is 12.9. The van der Waals surface area contributed by atoms with Crippen LogP contribution in [0.15, 0.2) is 23.1 Å². The van der Waals surface area contributed by atoms with Gasteiger partial charge in [-0.1, -0.05) is 11.6 Å². The van der Waals surface area contributed by atoms with Gasteiger partial charge in [-0.3, -0.25) is 0 Å². The number of hydrogen-bond donors (Lipinski definition) is 2. The van der Waals surface area contributed by atoms with Crippen LogP contribution in [-0.4, -0.2) is 20.5 Å². The van der Waals surface area contributed by atoms with E-state index in [1.807, 2.05) is 0 Å². The van der Waals surface area contributed by atoms with Crippen molar-refractivity contribution in [3.63, 3.8) is 0 Å². The number of hydrogen-bond acceptors (Lipinski definition) is 3. The van der Waals surface area contributed by atoms with Gasteiger partial charge in [-0.05, 0) is 24.6 Å². The lowest BCUT2D eigenvalue weighted by atomic mass is 10.3. The number of nitrogens with one attached hydrogen (secondary N) is 1. The largest absolute Gasteiger partial charge is 0.326 e. The molecule has 0 saturated heterocycles. The van der Waals surface area contributed by atoms with Gasteiger partial charge in [0.25, 0.3) is 0 Å². The minimum atomic E-state index is -3.79. The van der Waals surface area contributed by atoms with E-state index in [2.05, 4.69) is 4.72 Å². The van der Waals surface area contributed by atoms with Crippen molar-refractivity contribution in [3.05, 3.63) is 29.0 Å². The van der Waals surface area contributed by atoms with E-state index in [9.17, 15) is 12.8 Å². The molecule has 0 bridgehead atoms. The third-order valence-corrected chi connectivity index (χ3v) is 4.30. The van der Waals surface area contributed by atoms with Crippen molar-refractivity contribution in [2.24, 2.45) is 5.73 Å². The summed E-state index contributed by atoms with van der Waals surface area (Å²) in [7, 11) is -3.79. The van der Waals surface area contributed by atoms with E-state index in [-0.39, 0.29) is 22.0 Å². The van der Waals surface area contributed by atoms with Gasteiger partial charge in [0.05, 0.1) is 5.02 Å². The maximum atomic E-state index is 12.9. The summed E-state index contributed by atoms with van der Waals surface area (Å²) in [6.07, 6.45) is 0.589. The topological polar surface area (TPSA) is 72.2 Å². The van der Waals surface area contributed by atoms with E-state index in [0.29, 0.717) is 6.42 Å². The van der Waals surface area contributed by atoms with E-state index in [1.165, 1.54) is 6.07 Å². The van der Waals surface area contributed by atoms with Crippen molar-refractivity contribution in [2.75, 3.05) is 0 Å². The van der Waals surface area contributed by atoms with Gasteiger partial charge in [0, 0.05) is 12.1 Å². The molecule has 0 heterocycles. The van der Waals surface area contributed by atoms with Gasteiger partial charge >= 0.3 is 0 Å². The molecular weight excluding hydrogens is 255 g/mol. The molecule has 4 nitrogen and oxygen atoms in total. The monoisotopic (exact) mass is 264 g/mol. The summed E-state index contributed by atoms with van der Waals surface area (Å²) in [5.41, 5.74) is 5.49. The quantitative estimate of drug-likeness (QED) is 0.850. The molecule has 3 N–H and O–H groups in total. The summed E-state index contributed by atoms with van der Waals surface area (Å²) < 4.78 is 38.9. The summed E-state index contributed by atoms with van der Waals surface area (Å²) in [6, 6.07) is 2.76. The smallest absolute Gasteiger partial charge is 0.242 e. The zero-order valence-electron chi connectivity index (χ0n) is 8.15. The van der Waals surface area contributed by atoms with Crippen LogP contribution in [0.4, 0.5) is 4.39 Å².